The van der Waals surface area contributed by atoms with E-state index >= 15 is 0 Å². The van der Waals surface area contributed by atoms with Gasteiger partial charge in [-0.15, -0.1) is 0 Å². The molecule has 5 atom stereocenters. The molecule has 0 radical (unpaired) electrons. The molecule has 0 aromatic heterocycles. The Morgan fingerprint density at radius 2 is 1.65 bits per heavy atom. The summed E-state index contributed by atoms with van der Waals surface area (Å²) in [5.74, 6) is 5.11. The second-order valence-corrected chi connectivity index (χ2v) is 9.22. The van der Waals surface area contributed by atoms with Gasteiger partial charge in [0.05, 0.1) is 0 Å². The summed E-state index contributed by atoms with van der Waals surface area (Å²) in [4.78, 5) is 0. The third kappa shape index (κ3) is 4.74. The summed E-state index contributed by atoms with van der Waals surface area (Å²) in [6, 6.07) is 0.885. The number of rotatable bonds is 7. The summed E-state index contributed by atoms with van der Waals surface area (Å²) in [5, 5.41) is 3.84. The Hall–Kier alpha value is -0.0400. The molecule has 1 heterocycles. The predicted octanol–water partition coefficient (Wildman–Crippen LogP) is 6.18. The van der Waals surface area contributed by atoms with Crippen LogP contribution in [0.3, 0.4) is 0 Å². The van der Waals surface area contributed by atoms with Crippen molar-refractivity contribution < 1.29 is 0 Å². The fourth-order valence-corrected chi connectivity index (χ4v) is 5.53. The van der Waals surface area contributed by atoms with Gasteiger partial charge in [0.15, 0.2) is 0 Å². The highest BCUT2D eigenvalue weighted by Gasteiger charge is 2.37. The highest BCUT2D eigenvalue weighted by molar-refractivity contribution is 4.94. The first kappa shape index (κ1) is 17.8. The lowest BCUT2D eigenvalue weighted by atomic mass is 9.70. The van der Waals surface area contributed by atoms with Crippen molar-refractivity contribution in [2.45, 2.75) is 103 Å². The third-order valence-electron chi connectivity index (χ3n) is 7.68. The molecule has 2 aliphatic carbocycles. The average Bonchev–Trinajstić information content (AvgIpc) is 2.46. The number of nitrogens with one attached hydrogen (secondary N) is 1. The van der Waals surface area contributed by atoms with Gasteiger partial charge in [0.2, 0.25) is 0 Å². The van der Waals surface area contributed by atoms with E-state index in [2.05, 4.69) is 19.2 Å². The van der Waals surface area contributed by atoms with E-state index in [9.17, 15) is 0 Å². The van der Waals surface area contributed by atoms with Crippen molar-refractivity contribution in [3.8, 4) is 0 Å². The summed E-state index contributed by atoms with van der Waals surface area (Å²) >= 11 is 0. The van der Waals surface area contributed by atoms with Gasteiger partial charge in [0.25, 0.3) is 0 Å². The Labute approximate surface area is 145 Å². The van der Waals surface area contributed by atoms with Crippen LogP contribution < -0.4 is 5.32 Å². The first-order chi connectivity index (χ1) is 11.3. The molecule has 1 N–H and O–H groups in total. The molecule has 1 saturated heterocycles. The van der Waals surface area contributed by atoms with Crippen LogP contribution in [0.5, 0.6) is 0 Å². The first-order valence-electron chi connectivity index (χ1n) is 11.0. The van der Waals surface area contributed by atoms with E-state index in [4.69, 9.17) is 0 Å². The minimum Gasteiger partial charge on any atom is -0.313 e. The van der Waals surface area contributed by atoms with Gasteiger partial charge in [-0.1, -0.05) is 71.6 Å². The van der Waals surface area contributed by atoms with Crippen molar-refractivity contribution >= 4 is 0 Å². The topological polar surface area (TPSA) is 12.0 Å². The first-order valence-corrected chi connectivity index (χ1v) is 11.0. The Kier molecular flexibility index (Phi) is 6.86. The van der Waals surface area contributed by atoms with E-state index in [1.54, 1.807) is 0 Å². The minimum atomic E-state index is 0.885. The Morgan fingerprint density at radius 1 is 0.826 bits per heavy atom. The molecule has 1 aliphatic heterocycles. The molecule has 3 aliphatic rings. The second-order valence-electron chi connectivity index (χ2n) is 9.22. The van der Waals surface area contributed by atoms with E-state index in [0.29, 0.717) is 0 Å². The van der Waals surface area contributed by atoms with Crippen LogP contribution in [0.15, 0.2) is 0 Å². The highest BCUT2D eigenvalue weighted by atomic mass is 15.0. The van der Waals surface area contributed by atoms with E-state index in [1.807, 2.05) is 0 Å². The van der Waals surface area contributed by atoms with Crippen molar-refractivity contribution in [3.63, 3.8) is 0 Å². The molecule has 1 nitrogen and oxygen atoms in total. The highest BCUT2D eigenvalue weighted by Crippen LogP contribution is 2.39. The van der Waals surface area contributed by atoms with Gasteiger partial charge in [-0.3, -0.25) is 0 Å². The molecule has 3 rings (SSSR count). The van der Waals surface area contributed by atoms with Crippen LogP contribution in [0.1, 0.15) is 97.3 Å². The van der Waals surface area contributed by atoms with Crippen LogP contribution in [-0.4, -0.2) is 12.6 Å². The van der Waals surface area contributed by atoms with Gasteiger partial charge in [0, 0.05) is 6.04 Å². The van der Waals surface area contributed by atoms with Crippen molar-refractivity contribution in [2.24, 2.45) is 29.6 Å². The number of hydrogen-bond donors (Lipinski definition) is 1. The van der Waals surface area contributed by atoms with Gasteiger partial charge < -0.3 is 5.32 Å². The molecular weight excluding hydrogens is 278 g/mol. The molecular formula is C22H41N. The maximum atomic E-state index is 3.84. The van der Waals surface area contributed by atoms with Crippen molar-refractivity contribution in [1.29, 1.82) is 0 Å². The predicted molar refractivity (Wildman–Crippen MR) is 101 cm³/mol. The maximum absolute atomic E-state index is 3.84. The molecule has 2 saturated carbocycles. The Bertz CT molecular complexity index is 335. The van der Waals surface area contributed by atoms with Gasteiger partial charge >= 0.3 is 0 Å². The molecule has 0 amide bonds. The Morgan fingerprint density at radius 3 is 2.30 bits per heavy atom. The van der Waals surface area contributed by atoms with E-state index in [1.165, 1.54) is 90.0 Å². The normalized spacial score (nSPS) is 39.1. The lowest BCUT2D eigenvalue weighted by Gasteiger charge is -2.45. The fraction of sp³-hybridized carbons (Fsp3) is 1.00. The van der Waals surface area contributed by atoms with Crippen LogP contribution in [0, 0.1) is 29.6 Å². The van der Waals surface area contributed by atoms with Crippen LogP contribution in [-0.2, 0) is 0 Å². The molecule has 0 bridgehead atoms. The van der Waals surface area contributed by atoms with Crippen LogP contribution in [0.4, 0.5) is 0 Å². The summed E-state index contributed by atoms with van der Waals surface area (Å²) in [7, 11) is 0. The molecule has 23 heavy (non-hydrogen) atoms. The lowest BCUT2D eigenvalue weighted by Crippen LogP contribution is -2.57. The quantitative estimate of drug-likeness (QED) is 0.591. The van der Waals surface area contributed by atoms with Crippen molar-refractivity contribution in [3.05, 3.63) is 0 Å². The molecule has 0 spiro atoms. The van der Waals surface area contributed by atoms with E-state index in [-0.39, 0.29) is 0 Å². The number of unbranched alkanes of at least 4 members (excludes halogenated alkanes) is 1. The molecule has 134 valence electrons. The van der Waals surface area contributed by atoms with Gasteiger partial charge in [-0.2, -0.15) is 0 Å². The largest absolute Gasteiger partial charge is 0.313 e. The van der Waals surface area contributed by atoms with E-state index < -0.39 is 0 Å². The van der Waals surface area contributed by atoms with Crippen molar-refractivity contribution in [2.75, 3.05) is 6.54 Å². The summed E-state index contributed by atoms with van der Waals surface area (Å²) in [5.41, 5.74) is 0. The van der Waals surface area contributed by atoms with Gasteiger partial charge in [-0.05, 0) is 61.8 Å². The fourth-order valence-electron chi connectivity index (χ4n) is 5.53. The molecule has 0 aromatic carbocycles. The maximum Gasteiger partial charge on any atom is 0.0136 e. The van der Waals surface area contributed by atoms with Gasteiger partial charge in [0.1, 0.15) is 0 Å². The molecule has 3 fully saturated rings. The molecule has 0 aromatic rings. The summed E-state index contributed by atoms with van der Waals surface area (Å²) in [6.07, 6.45) is 19.5. The van der Waals surface area contributed by atoms with Crippen LogP contribution >= 0.6 is 0 Å². The van der Waals surface area contributed by atoms with E-state index in [0.717, 1.165) is 35.6 Å². The molecule has 1 heteroatoms. The Balaban J connectivity index is 1.45. The zero-order chi connectivity index (χ0) is 16.1. The van der Waals surface area contributed by atoms with Crippen molar-refractivity contribution in [1.82, 2.24) is 5.32 Å². The number of hydrogen-bond acceptors (Lipinski definition) is 1. The van der Waals surface area contributed by atoms with Gasteiger partial charge in [-0.25, -0.2) is 0 Å². The summed E-state index contributed by atoms with van der Waals surface area (Å²) < 4.78 is 0. The van der Waals surface area contributed by atoms with Crippen LogP contribution in [0.2, 0.25) is 0 Å². The SMILES string of the molecule is CCCCC1CCC(C2NCC2CCC2CCC2)CCCC1C. The molecule has 5 unspecified atom stereocenters. The minimum absolute atomic E-state index is 0.885. The lowest BCUT2D eigenvalue weighted by molar-refractivity contribution is 0.104. The zero-order valence-electron chi connectivity index (χ0n) is 15.9. The second kappa shape index (κ2) is 8.88. The standard InChI is InChI=1S/C22H41N/c1-3-4-10-19-14-15-20(11-5-7-17(19)2)22-21(16-23-22)13-12-18-8-6-9-18/h17-23H,3-16H2,1-2H3. The smallest absolute Gasteiger partial charge is 0.0136 e. The average molecular weight is 320 g/mol. The summed E-state index contributed by atoms with van der Waals surface area (Å²) in [6.45, 7) is 6.20. The zero-order valence-corrected chi connectivity index (χ0v) is 15.9. The van der Waals surface area contributed by atoms with Crippen LogP contribution in [0.25, 0.3) is 0 Å². The monoisotopic (exact) mass is 319 g/mol. The third-order valence-corrected chi connectivity index (χ3v) is 7.68.